The lowest BCUT2D eigenvalue weighted by molar-refractivity contribution is 0.0925. The Balaban J connectivity index is 1.44. The van der Waals surface area contributed by atoms with E-state index in [1.54, 1.807) is 36.6 Å². The fourth-order valence-corrected chi connectivity index (χ4v) is 4.09. The maximum Gasteiger partial charge on any atom is 0.262 e. The summed E-state index contributed by atoms with van der Waals surface area (Å²) in [4.78, 5) is 28.9. The van der Waals surface area contributed by atoms with Crippen molar-refractivity contribution >= 4 is 29.0 Å². The van der Waals surface area contributed by atoms with Gasteiger partial charge in [0.2, 0.25) is 0 Å². The smallest absolute Gasteiger partial charge is 0.262 e. The molecule has 0 bridgehead atoms. The second-order valence-electron chi connectivity index (χ2n) is 7.36. The Morgan fingerprint density at radius 2 is 2.06 bits per heavy atom. The molecule has 1 atom stereocenters. The number of carbonyl (C=O) groups is 1. The molecule has 2 aromatic carbocycles. The summed E-state index contributed by atoms with van der Waals surface area (Å²) in [7, 11) is 0. The molecule has 7 nitrogen and oxygen atoms in total. The van der Waals surface area contributed by atoms with Gasteiger partial charge in [0.25, 0.3) is 11.5 Å². The Hall–Kier alpha value is -3.65. The first-order chi connectivity index (χ1) is 15.1. The topological polar surface area (TPSA) is 89.3 Å². The van der Waals surface area contributed by atoms with Gasteiger partial charge < -0.3 is 19.5 Å². The van der Waals surface area contributed by atoms with Crippen LogP contribution in [-0.2, 0) is 6.54 Å². The molecule has 1 unspecified atom stereocenters. The summed E-state index contributed by atoms with van der Waals surface area (Å²) in [6.45, 7) is 0.782. The third-order valence-corrected chi connectivity index (χ3v) is 5.72. The lowest BCUT2D eigenvalue weighted by atomic mass is 10.00. The van der Waals surface area contributed by atoms with Gasteiger partial charge in [-0.05, 0) is 48.6 Å². The number of fused-ring (bicyclic) bond motifs is 2. The van der Waals surface area contributed by atoms with Crippen LogP contribution in [0.1, 0.15) is 34.1 Å². The van der Waals surface area contributed by atoms with Crippen LogP contribution in [0.25, 0.3) is 10.9 Å². The quantitative estimate of drug-likeness (QED) is 0.476. The van der Waals surface area contributed by atoms with Crippen LogP contribution in [-0.4, -0.2) is 22.1 Å². The molecule has 31 heavy (non-hydrogen) atoms. The Labute approximate surface area is 182 Å². The molecule has 0 aliphatic carbocycles. The van der Waals surface area contributed by atoms with Crippen molar-refractivity contribution in [3.05, 3.63) is 92.9 Å². The number of hydrogen-bond acceptors (Lipinski definition) is 5. The number of amides is 1. The Morgan fingerprint density at radius 1 is 1.19 bits per heavy atom. The molecule has 0 radical (unpaired) electrons. The van der Waals surface area contributed by atoms with E-state index in [1.807, 2.05) is 24.3 Å². The molecule has 4 aromatic rings. The summed E-state index contributed by atoms with van der Waals surface area (Å²) in [6.07, 6.45) is 2.24. The molecular formula is C23H19N3O4S. The highest BCUT2D eigenvalue weighted by molar-refractivity contribution is 7.71. The zero-order valence-electron chi connectivity index (χ0n) is 16.5. The lowest BCUT2D eigenvalue weighted by Crippen LogP contribution is -2.32. The molecule has 1 amide bonds. The molecule has 3 heterocycles. The van der Waals surface area contributed by atoms with Crippen LogP contribution in [0, 0.1) is 4.77 Å². The van der Waals surface area contributed by atoms with E-state index in [9.17, 15) is 9.59 Å². The minimum Gasteiger partial charge on any atom is -0.493 e. The van der Waals surface area contributed by atoms with Gasteiger partial charge in [0.15, 0.2) is 4.77 Å². The van der Waals surface area contributed by atoms with Crippen molar-refractivity contribution in [2.24, 2.45) is 0 Å². The van der Waals surface area contributed by atoms with Crippen molar-refractivity contribution in [3.63, 3.8) is 0 Å². The van der Waals surface area contributed by atoms with Gasteiger partial charge in [-0.15, -0.1) is 0 Å². The minimum absolute atomic E-state index is 0.132. The van der Waals surface area contributed by atoms with Crippen molar-refractivity contribution in [3.8, 4) is 5.75 Å². The van der Waals surface area contributed by atoms with Crippen LogP contribution in [0.2, 0.25) is 0 Å². The average molecular weight is 433 g/mol. The first kappa shape index (κ1) is 19.3. The lowest BCUT2D eigenvalue weighted by Gasteiger charge is -2.26. The molecule has 0 spiro atoms. The third kappa shape index (κ3) is 3.66. The van der Waals surface area contributed by atoms with E-state index in [1.165, 1.54) is 4.57 Å². The van der Waals surface area contributed by atoms with Gasteiger partial charge in [-0.2, -0.15) is 0 Å². The van der Waals surface area contributed by atoms with Crippen molar-refractivity contribution in [1.82, 2.24) is 14.9 Å². The van der Waals surface area contributed by atoms with Gasteiger partial charge in [-0.3, -0.25) is 14.2 Å². The van der Waals surface area contributed by atoms with Gasteiger partial charge in [0.1, 0.15) is 11.5 Å². The van der Waals surface area contributed by atoms with Crippen LogP contribution in [0.5, 0.6) is 5.75 Å². The first-order valence-electron chi connectivity index (χ1n) is 9.92. The molecule has 8 heteroatoms. The second kappa shape index (κ2) is 7.88. The Kier molecular flexibility index (Phi) is 4.91. The number of hydrogen-bond donors (Lipinski definition) is 2. The molecule has 2 N–H and O–H groups in total. The fourth-order valence-electron chi connectivity index (χ4n) is 3.83. The zero-order valence-corrected chi connectivity index (χ0v) is 17.3. The Bertz CT molecular complexity index is 1390. The number of carbonyl (C=O) groups excluding carboxylic acids is 1. The number of benzene rings is 2. The number of nitrogens with zero attached hydrogens (tertiary/aromatic N) is 1. The molecule has 0 fully saturated rings. The number of H-pyrrole nitrogens is 1. The zero-order chi connectivity index (χ0) is 21.4. The number of aromatic nitrogens is 2. The minimum atomic E-state index is -0.236. The molecule has 1 aliphatic rings. The van der Waals surface area contributed by atoms with Gasteiger partial charge in [-0.1, -0.05) is 18.2 Å². The van der Waals surface area contributed by atoms with Crippen molar-refractivity contribution < 1.29 is 13.9 Å². The normalized spacial score (nSPS) is 15.3. The first-order valence-corrected chi connectivity index (χ1v) is 10.3. The van der Waals surface area contributed by atoms with Crippen LogP contribution in [0.3, 0.4) is 0 Å². The highest BCUT2D eigenvalue weighted by Crippen LogP contribution is 2.31. The van der Waals surface area contributed by atoms with Crippen LogP contribution in [0.15, 0.2) is 70.1 Å². The van der Waals surface area contributed by atoms with E-state index in [2.05, 4.69) is 10.3 Å². The monoisotopic (exact) mass is 433 g/mol. The van der Waals surface area contributed by atoms with Crippen LogP contribution >= 0.6 is 12.2 Å². The SMILES string of the molecule is O=C(NC1CCOc2ccccc21)c1ccc2c(=O)n(Cc3ccco3)c(=S)[nH]c2c1. The third-order valence-electron chi connectivity index (χ3n) is 5.40. The maximum atomic E-state index is 12.9. The molecule has 1 aliphatic heterocycles. The fraction of sp³-hybridized carbons (Fsp3) is 0.174. The maximum absolute atomic E-state index is 12.9. The summed E-state index contributed by atoms with van der Waals surface area (Å²) in [5, 5.41) is 3.52. The molecule has 2 aromatic heterocycles. The summed E-state index contributed by atoms with van der Waals surface area (Å²) in [6, 6.07) is 16.1. The number of furan rings is 1. The van der Waals surface area contributed by atoms with Gasteiger partial charge in [-0.25, -0.2) is 0 Å². The van der Waals surface area contributed by atoms with E-state index < -0.39 is 0 Å². The molecule has 156 valence electrons. The van der Waals surface area contributed by atoms with Crippen molar-refractivity contribution in [2.75, 3.05) is 6.61 Å². The number of ether oxygens (including phenoxy) is 1. The number of nitrogens with one attached hydrogen (secondary N) is 2. The number of rotatable bonds is 4. The van der Waals surface area contributed by atoms with Gasteiger partial charge >= 0.3 is 0 Å². The van der Waals surface area contributed by atoms with Crippen LogP contribution < -0.4 is 15.6 Å². The van der Waals surface area contributed by atoms with E-state index in [0.29, 0.717) is 35.3 Å². The number of para-hydroxylation sites is 1. The summed E-state index contributed by atoms with van der Waals surface area (Å²) in [5.41, 5.74) is 1.69. The van der Waals surface area contributed by atoms with E-state index >= 15 is 0 Å². The Morgan fingerprint density at radius 3 is 2.90 bits per heavy atom. The van der Waals surface area contributed by atoms with Crippen LogP contribution in [0.4, 0.5) is 0 Å². The summed E-state index contributed by atoms with van der Waals surface area (Å²) < 4.78 is 12.7. The highest BCUT2D eigenvalue weighted by Gasteiger charge is 2.23. The molecule has 0 saturated carbocycles. The van der Waals surface area contributed by atoms with Gasteiger partial charge in [0, 0.05) is 17.5 Å². The van der Waals surface area contributed by atoms with E-state index in [-0.39, 0.29) is 28.8 Å². The molecular weight excluding hydrogens is 414 g/mol. The molecule has 5 rings (SSSR count). The van der Waals surface area contributed by atoms with E-state index in [4.69, 9.17) is 21.4 Å². The molecule has 0 saturated heterocycles. The average Bonchev–Trinajstić information content (AvgIpc) is 3.30. The van der Waals surface area contributed by atoms with Crippen molar-refractivity contribution in [1.29, 1.82) is 0 Å². The largest absolute Gasteiger partial charge is 0.493 e. The predicted octanol–water partition coefficient (Wildman–Crippen LogP) is 3.95. The summed E-state index contributed by atoms with van der Waals surface area (Å²) in [5.74, 6) is 1.20. The number of aromatic amines is 1. The highest BCUT2D eigenvalue weighted by atomic mass is 32.1. The summed E-state index contributed by atoms with van der Waals surface area (Å²) >= 11 is 5.37. The van der Waals surface area contributed by atoms with Gasteiger partial charge in [0.05, 0.1) is 36.4 Å². The van der Waals surface area contributed by atoms with E-state index in [0.717, 1.165) is 11.3 Å². The second-order valence-corrected chi connectivity index (χ2v) is 7.75. The predicted molar refractivity (Wildman–Crippen MR) is 118 cm³/mol. The standard InChI is InChI=1S/C23H19N3O4S/c27-21(24-18-9-11-30-20-6-2-1-5-16(18)20)14-7-8-17-19(12-14)25-23(31)26(22(17)28)13-15-4-3-10-29-15/h1-8,10,12,18H,9,11,13H2,(H,24,27)(H,25,31). The van der Waals surface area contributed by atoms with Crippen molar-refractivity contribution in [2.45, 2.75) is 19.0 Å².